The van der Waals surface area contributed by atoms with E-state index in [1.165, 1.54) is 10.4 Å². The van der Waals surface area contributed by atoms with Crippen LogP contribution in [0.3, 0.4) is 0 Å². The normalized spacial score (nSPS) is 23.8. The molecule has 0 radical (unpaired) electrons. The molecule has 0 N–H and O–H groups in total. The summed E-state index contributed by atoms with van der Waals surface area (Å²) in [4.78, 5) is 15.5. The van der Waals surface area contributed by atoms with E-state index in [0.29, 0.717) is 13.2 Å². The predicted molar refractivity (Wildman–Crippen MR) is 67.4 cm³/mol. The lowest BCUT2D eigenvalue weighted by Gasteiger charge is -2.28. The molecular weight excluding hydrogens is 258 g/mol. The van der Waals surface area contributed by atoms with Crippen molar-refractivity contribution < 1.29 is 9.53 Å². The Kier molecular flexibility index (Phi) is 3.11. The van der Waals surface area contributed by atoms with Crippen LogP contribution in [-0.4, -0.2) is 30.6 Å². The summed E-state index contributed by atoms with van der Waals surface area (Å²) in [7, 11) is 0. The van der Waals surface area contributed by atoms with Gasteiger partial charge in [-0.3, -0.25) is 4.79 Å². The van der Waals surface area contributed by atoms with E-state index in [0.717, 1.165) is 30.3 Å². The average Bonchev–Trinajstić information content (AvgIpc) is 2.94. The van der Waals surface area contributed by atoms with Gasteiger partial charge in [0.2, 0.25) is 5.91 Å². The monoisotopic (exact) mass is 271 g/mol. The van der Waals surface area contributed by atoms with Gasteiger partial charge in [-0.2, -0.15) is 0 Å². The van der Waals surface area contributed by atoms with Gasteiger partial charge in [0.05, 0.1) is 16.9 Å². The van der Waals surface area contributed by atoms with E-state index in [1.807, 2.05) is 11.0 Å². The smallest absolute Gasteiger partial charge is 0.228 e. The van der Waals surface area contributed by atoms with Gasteiger partial charge < -0.3 is 9.64 Å². The maximum atomic E-state index is 12.2. The minimum absolute atomic E-state index is 0.0747. The molecule has 5 heteroatoms. The zero-order chi connectivity index (χ0) is 11.8. The van der Waals surface area contributed by atoms with Crippen molar-refractivity contribution in [3.63, 3.8) is 0 Å². The lowest BCUT2D eigenvalue weighted by Crippen LogP contribution is -2.39. The van der Waals surface area contributed by atoms with E-state index in [9.17, 15) is 4.79 Å². The average molecular weight is 272 g/mol. The number of hydrogen-bond acceptors (Lipinski definition) is 3. The van der Waals surface area contributed by atoms with Crippen molar-refractivity contribution in [1.82, 2.24) is 4.90 Å². The molecule has 92 valence electrons. The molecule has 1 saturated heterocycles. The molecule has 0 bridgehead atoms. The van der Waals surface area contributed by atoms with E-state index in [4.69, 9.17) is 16.3 Å². The summed E-state index contributed by atoms with van der Waals surface area (Å²) in [5.41, 5.74) is 1.22. The van der Waals surface area contributed by atoms with Crippen molar-refractivity contribution in [2.45, 2.75) is 19.4 Å². The van der Waals surface area contributed by atoms with Crippen LogP contribution < -0.4 is 0 Å². The maximum absolute atomic E-state index is 12.2. The maximum Gasteiger partial charge on any atom is 0.228 e. The second kappa shape index (κ2) is 4.59. The Balaban J connectivity index is 1.72. The zero-order valence-corrected chi connectivity index (χ0v) is 11.0. The van der Waals surface area contributed by atoms with Crippen molar-refractivity contribution in [2.24, 2.45) is 5.92 Å². The third-order valence-corrected chi connectivity index (χ3v) is 4.79. The van der Waals surface area contributed by atoms with E-state index in [1.54, 1.807) is 11.3 Å². The van der Waals surface area contributed by atoms with Gasteiger partial charge in [-0.25, -0.2) is 0 Å². The summed E-state index contributed by atoms with van der Waals surface area (Å²) in [6.45, 7) is 2.85. The first-order valence-electron chi connectivity index (χ1n) is 5.87. The number of amides is 1. The molecule has 3 rings (SSSR count). The molecule has 1 amide bonds. The Morgan fingerprint density at radius 3 is 3.24 bits per heavy atom. The first-order chi connectivity index (χ1) is 8.24. The molecule has 3 nitrogen and oxygen atoms in total. The highest BCUT2D eigenvalue weighted by Crippen LogP contribution is 2.32. The van der Waals surface area contributed by atoms with Gasteiger partial charge in [-0.05, 0) is 24.5 Å². The number of carbonyl (C=O) groups is 1. The highest BCUT2D eigenvalue weighted by molar-refractivity contribution is 7.16. The summed E-state index contributed by atoms with van der Waals surface area (Å²) in [6.07, 6.45) is 1.80. The van der Waals surface area contributed by atoms with Crippen LogP contribution in [0.2, 0.25) is 4.34 Å². The number of halogens is 1. The first-order valence-corrected chi connectivity index (χ1v) is 7.07. The highest BCUT2D eigenvalue weighted by Gasteiger charge is 2.30. The number of fused-ring (bicyclic) bond motifs is 1. The largest absolute Gasteiger partial charge is 0.381 e. The molecule has 2 aliphatic heterocycles. The molecule has 3 heterocycles. The number of nitrogens with zero attached hydrogens (tertiary/aromatic N) is 1. The molecule has 1 aromatic heterocycles. The van der Waals surface area contributed by atoms with Crippen LogP contribution in [0.25, 0.3) is 0 Å². The summed E-state index contributed by atoms with van der Waals surface area (Å²) in [6, 6.07) is 1.99. The van der Waals surface area contributed by atoms with Crippen LogP contribution in [0.15, 0.2) is 6.07 Å². The summed E-state index contributed by atoms with van der Waals surface area (Å²) in [5.74, 6) is 0.320. The molecule has 17 heavy (non-hydrogen) atoms. The summed E-state index contributed by atoms with van der Waals surface area (Å²) in [5, 5.41) is 0. The van der Waals surface area contributed by atoms with Gasteiger partial charge in [0, 0.05) is 24.6 Å². The Bertz CT molecular complexity index is 440. The van der Waals surface area contributed by atoms with Crippen molar-refractivity contribution in [2.75, 3.05) is 19.8 Å². The lowest BCUT2D eigenvalue weighted by molar-refractivity contribution is -0.136. The summed E-state index contributed by atoms with van der Waals surface area (Å²) >= 11 is 7.64. The number of hydrogen-bond donors (Lipinski definition) is 0. The minimum atomic E-state index is 0.0747. The first kappa shape index (κ1) is 11.5. The second-order valence-corrected chi connectivity index (χ2v) is 6.34. The van der Waals surface area contributed by atoms with Crippen LogP contribution >= 0.6 is 22.9 Å². The molecule has 0 spiro atoms. The van der Waals surface area contributed by atoms with Gasteiger partial charge >= 0.3 is 0 Å². The quantitative estimate of drug-likeness (QED) is 0.785. The Labute approximate surface area is 109 Å². The van der Waals surface area contributed by atoms with E-state index in [2.05, 4.69) is 0 Å². The summed E-state index contributed by atoms with van der Waals surface area (Å²) < 4.78 is 6.10. The number of thiophene rings is 1. The van der Waals surface area contributed by atoms with Crippen molar-refractivity contribution in [1.29, 1.82) is 0 Å². The van der Waals surface area contributed by atoms with Crippen LogP contribution in [0.4, 0.5) is 0 Å². The van der Waals surface area contributed by atoms with Crippen molar-refractivity contribution >= 4 is 28.8 Å². The van der Waals surface area contributed by atoms with Crippen LogP contribution in [0.1, 0.15) is 16.9 Å². The molecule has 0 unspecified atom stereocenters. The SMILES string of the molecule is O=C([C@@H]1CCOC1)N1CCc2sc(Cl)cc2C1. The van der Waals surface area contributed by atoms with E-state index < -0.39 is 0 Å². The molecule has 0 aliphatic carbocycles. The van der Waals surface area contributed by atoms with Crippen LogP contribution in [0.5, 0.6) is 0 Å². The molecule has 0 aromatic carbocycles. The highest BCUT2D eigenvalue weighted by atomic mass is 35.5. The fourth-order valence-corrected chi connectivity index (χ4v) is 3.77. The van der Waals surface area contributed by atoms with Gasteiger partial charge in [0.25, 0.3) is 0 Å². The molecule has 1 atom stereocenters. The van der Waals surface area contributed by atoms with Gasteiger partial charge in [0.1, 0.15) is 0 Å². The Hall–Kier alpha value is -0.580. The number of rotatable bonds is 1. The Morgan fingerprint density at radius 2 is 2.47 bits per heavy atom. The topological polar surface area (TPSA) is 29.5 Å². The Morgan fingerprint density at radius 1 is 1.59 bits per heavy atom. The third kappa shape index (κ3) is 2.21. The van der Waals surface area contributed by atoms with Crippen LogP contribution in [0, 0.1) is 5.92 Å². The number of carbonyl (C=O) groups excluding carboxylic acids is 1. The van der Waals surface area contributed by atoms with Gasteiger partial charge in [-0.1, -0.05) is 11.6 Å². The van der Waals surface area contributed by atoms with E-state index >= 15 is 0 Å². The molecule has 2 aliphatic rings. The van der Waals surface area contributed by atoms with Crippen molar-refractivity contribution in [3.05, 3.63) is 20.8 Å². The lowest BCUT2D eigenvalue weighted by atomic mass is 10.0. The second-order valence-electron chi connectivity index (χ2n) is 4.57. The standard InChI is InChI=1S/C12H14ClNO2S/c13-11-5-9-6-14(3-1-10(9)17-11)12(15)8-2-4-16-7-8/h5,8H,1-4,6-7H2/t8-/m1/s1. The molecule has 1 fully saturated rings. The fraction of sp³-hybridized carbons (Fsp3) is 0.583. The third-order valence-electron chi connectivity index (χ3n) is 3.43. The van der Waals surface area contributed by atoms with Crippen molar-refractivity contribution in [3.8, 4) is 0 Å². The van der Waals surface area contributed by atoms with Gasteiger partial charge in [-0.15, -0.1) is 11.3 Å². The molecule has 1 aromatic rings. The molecule has 0 saturated carbocycles. The van der Waals surface area contributed by atoms with Gasteiger partial charge in [0.15, 0.2) is 0 Å². The predicted octanol–water partition coefficient (Wildman–Crippen LogP) is 2.32. The van der Waals surface area contributed by atoms with E-state index in [-0.39, 0.29) is 11.8 Å². The zero-order valence-electron chi connectivity index (χ0n) is 9.45. The molecular formula is C12H14ClNO2S. The number of ether oxygens (including phenoxy) is 1. The van der Waals surface area contributed by atoms with Crippen LogP contribution in [-0.2, 0) is 22.5 Å². The minimum Gasteiger partial charge on any atom is -0.381 e. The fourth-order valence-electron chi connectivity index (χ4n) is 2.47.